The fraction of sp³-hybridized carbons (Fsp3) is 0.167. The van der Waals surface area contributed by atoms with Gasteiger partial charge in [-0.15, -0.1) is 0 Å². The van der Waals surface area contributed by atoms with Crippen molar-refractivity contribution in [1.29, 1.82) is 0 Å². The van der Waals surface area contributed by atoms with Gasteiger partial charge in [0.25, 0.3) is 5.91 Å². The number of carbonyl (C=O) groups is 1. The summed E-state index contributed by atoms with van der Waals surface area (Å²) in [6, 6.07) is 4.08. The molecule has 4 nitrogen and oxygen atoms in total. The summed E-state index contributed by atoms with van der Waals surface area (Å²) in [7, 11) is 0. The molecule has 0 atom stereocenters. The third-order valence-corrected chi connectivity index (χ3v) is 3.07. The van der Waals surface area contributed by atoms with E-state index in [1.54, 1.807) is 0 Å². The number of aryl methyl sites for hydroxylation is 1. The molecule has 1 heterocycles. The van der Waals surface area contributed by atoms with Gasteiger partial charge >= 0.3 is 0 Å². The molecule has 1 aromatic carbocycles. The highest BCUT2D eigenvalue weighted by atomic mass is 35.5. The fourth-order valence-corrected chi connectivity index (χ4v) is 1.67. The lowest BCUT2D eigenvalue weighted by Crippen LogP contribution is -2.14. The highest BCUT2D eigenvalue weighted by molar-refractivity contribution is 6.34. The van der Waals surface area contributed by atoms with Gasteiger partial charge in [-0.25, -0.2) is 4.39 Å². The molecule has 0 radical (unpaired) electrons. The largest absolute Gasteiger partial charge is 0.305 e. The molecular formula is C12H11ClFN3O. The summed E-state index contributed by atoms with van der Waals surface area (Å²) >= 11 is 5.74. The Balaban J connectivity index is 2.28. The number of nitrogens with one attached hydrogen (secondary N) is 2. The highest BCUT2D eigenvalue weighted by Crippen LogP contribution is 2.21. The van der Waals surface area contributed by atoms with Crippen molar-refractivity contribution in [3.63, 3.8) is 0 Å². The molecule has 6 heteroatoms. The first-order chi connectivity index (χ1) is 8.50. The predicted octanol–water partition coefficient (Wildman–Crippen LogP) is 3.07. The SMILES string of the molecule is Cc1[nH]nc(NC(=O)c2cccc(F)c2Cl)c1C. The standard InChI is InChI=1S/C12H11ClFN3O/c1-6-7(2)16-17-11(6)15-12(18)8-4-3-5-9(14)10(8)13/h3-5H,1-2H3,(H2,15,16,17,18). The first kappa shape index (κ1) is 12.6. The van der Waals surface area contributed by atoms with Crippen LogP contribution in [0.3, 0.4) is 0 Å². The van der Waals surface area contributed by atoms with E-state index in [4.69, 9.17) is 11.6 Å². The molecule has 0 saturated heterocycles. The summed E-state index contributed by atoms with van der Waals surface area (Å²) in [6.07, 6.45) is 0. The zero-order valence-corrected chi connectivity index (χ0v) is 10.6. The molecule has 0 aliphatic rings. The summed E-state index contributed by atoms with van der Waals surface area (Å²) in [5.74, 6) is -0.703. The van der Waals surface area contributed by atoms with Crippen LogP contribution in [0.2, 0.25) is 5.02 Å². The molecular weight excluding hydrogens is 257 g/mol. The van der Waals surface area contributed by atoms with Gasteiger partial charge in [-0.3, -0.25) is 9.89 Å². The Bertz CT molecular complexity index is 609. The molecule has 2 N–H and O–H groups in total. The highest BCUT2D eigenvalue weighted by Gasteiger charge is 2.15. The number of aromatic amines is 1. The Hall–Kier alpha value is -1.88. The molecule has 1 aromatic heterocycles. The van der Waals surface area contributed by atoms with Crippen molar-refractivity contribution in [2.45, 2.75) is 13.8 Å². The van der Waals surface area contributed by atoms with Crippen LogP contribution in [0.15, 0.2) is 18.2 Å². The number of carbonyl (C=O) groups excluding carboxylic acids is 1. The average molecular weight is 268 g/mol. The molecule has 2 rings (SSSR count). The maximum absolute atomic E-state index is 13.2. The number of aromatic nitrogens is 2. The van der Waals surface area contributed by atoms with Gasteiger partial charge in [0.2, 0.25) is 0 Å². The van der Waals surface area contributed by atoms with Crippen molar-refractivity contribution in [1.82, 2.24) is 10.2 Å². The van der Waals surface area contributed by atoms with Crippen LogP contribution >= 0.6 is 11.6 Å². The normalized spacial score (nSPS) is 10.4. The number of nitrogens with zero attached hydrogens (tertiary/aromatic N) is 1. The van der Waals surface area contributed by atoms with Gasteiger partial charge in [-0.05, 0) is 26.0 Å². The number of amides is 1. The molecule has 0 bridgehead atoms. The average Bonchev–Trinajstić information content (AvgIpc) is 2.64. The number of hydrogen-bond donors (Lipinski definition) is 2. The minimum Gasteiger partial charge on any atom is -0.305 e. The fourth-order valence-electron chi connectivity index (χ4n) is 1.46. The van der Waals surface area contributed by atoms with E-state index in [1.165, 1.54) is 18.2 Å². The van der Waals surface area contributed by atoms with Crippen molar-refractivity contribution < 1.29 is 9.18 Å². The number of hydrogen-bond acceptors (Lipinski definition) is 2. The maximum atomic E-state index is 13.2. The zero-order valence-electron chi connectivity index (χ0n) is 9.84. The van der Waals surface area contributed by atoms with E-state index in [1.807, 2.05) is 13.8 Å². The molecule has 2 aromatic rings. The van der Waals surface area contributed by atoms with Crippen LogP contribution < -0.4 is 5.32 Å². The quantitative estimate of drug-likeness (QED) is 0.878. The van der Waals surface area contributed by atoms with Gasteiger partial charge in [0.15, 0.2) is 5.82 Å². The number of benzene rings is 1. The first-order valence-corrected chi connectivity index (χ1v) is 5.65. The van der Waals surface area contributed by atoms with E-state index in [2.05, 4.69) is 15.5 Å². The molecule has 0 aliphatic carbocycles. The molecule has 0 saturated carbocycles. The van der Waals surface area contributed by atoms with Crippen LogP contribution in [0, 0.1) is 19.7 Å². The van der Waals surface area contributed by atoms with Crippen LogP contribution in [0.5, 0.6) is 0 Å². The summed E-state index contributed by atoms with van der Waals surface area (Å²) in [5.41, 5.74) is 1.77. The lowest BCUT2D eigenvalue weighted by Gasteiger charge is -2.05. The van der Waals surface area contributed by atoms with Gasteiger partial charge in [-0.1, -0.05) is 17.7 Å². The van der Waals surface area contributed by atoms with Gasteiger partial charge in [0, 0.05) is 11.3 Å². The molecule has 1 amide bonds. The monoisotopic (exact) mass is 267 g/mol. The minimum atomic E-state index is -0.626. The maximum Gasteiger partial charge on any atom is 0.258 e. The van der Waals surface area contributed by atoms with E-state index in [0.717, 1.165) is 11.3 Å². The van der Waals surface area contributed by atoms with Gasteiger partial charge < -0.3 is 5.32 Å². The van der Waals surface area contributed by atoms with Crippen LogP contribution in [-0.4, -0.2) is 16.1 Å². The second-order valence-electron chi connectivity index (χ2n) is 3.88. The van der Waals surface area contributed by atoms with Crippen molar-refractivity contribution >= 4 is 23.3 Å². The number of halogens is 2. The van der Waals surface area contributed by atoms with Gasteiger partial charge in [0.1, 0.15) is 5.82 Å². The molecule has 18 heavy (non-hydrogen) atoms. The van der Waals surface area contributed by atoms with Crippen LogP contribution in [0.4, 0.5) is 10.2 Å². The third-order valence-electron chi connectivity index (χ3n) is 2.68. The Morgan fingerprint density at radius 2 is 2.17 bits per heavy atom. The molecule has 0 spiro atoms. The lowest BCUT2D eigenvalue weighted by molar-refractivity contribution is 0.102. The molecule has 0 aliphatic heterocycles. The van der Waals surface area contributed by atoms with Crippen LogP contribution in [-0.2, 0) is 0 Å². The Labute approximate surface area is 108 Å². The zero-order chi connectivity index (χ0) is 13.3. The molecule has 94 valence electrons. The summed E-state index contributed by atoms with van der Waals surface area (Å²) in [5, 5.41) is 9.08. The van der Waals surface area contributed by atoms with Crippen molar-refractivity contribution in [3.8, 4) is 0 Å². The minimum absolute atomic E-state index is 0.0803. The molecule has 0 unspecified atom stereocenters. The Morgan fingerprint density at radius 1 is 1.44 bits per heavy atom. The summed E-state index contributed by atoms with van der Waals surface area (Å²) in [4.78, 5) is 11.9. The van der Waals surface area contributed by atoms with Gasteiger partial charge in [0.05, 0.1) is 10.6 Å². The van der Waals surface area contributed by atoms with Crippen molar-refractivity contribution in [2.24, 2.45) is 0 Å². The predicted molar refractivity (Wildman–Crippen MR) is 67.4 cm³/mol. The third kappa shape index (κ3) is 2.22. The van der Waals surface area contributed by atoms with Crippen LogP contribution in [0.25, 0.3) is 0 Å². The van der Waals surface area contributed by atoms with Crippen molar-refractivity contribution in [2.75, 3.05) is 5.32 Å². The first-order valence-electron chi connectivity index (χ1n) is 5.27. The second-order valence-corrected chi connectivity index (χ2v) is 4.26. The Morgan fingerprint density at radius 3 is 2.78 bits per heavy atom. The van der Waals surface area contributed by atoms with E-state index < -0.39 is 11.7 Å². The van der Waals surface area contributed by atoms with E-state index >= 15 is 0 Å². The second kappa shape index (κ2) is 4.78. The smallest absolute Gasteiger partial charge is 0.258 e. The van der Waals surface area contributed by atoms with Crippen LogP contribution in [0.1, 0.15) is 21.6 Å². The van der Waals surface area contributed by atoms with Gasteiger partial charge in [-0.2, -0.15) is 5.10 Å². The van der Waals surface area contributed by atoms with Crippen molar-refractivity contribution in [3.05, 3.63) is 45.9 Å². The number of rotatable bonds is 2. The lowest BCUT2D eigenvalue weighted by atomic mass is 10.2. The Kier molecular flexibility index (Phi) is 3.34. The number of anilines is 1. The van der Waals surface area contributed by atoms with E-state index in [0.29, 0.717) is 5.82 Å². The van der Waals surface area contributed by atoms with E-state index in [-0.39, 0.29) is 10.6 Å². The van der Waals surface area contributed by atoms with E-state index in [9.17, 15) is 9.18 Å². The topological polar surface area (TPSA) is 57.8 Å². The summed E-state index contributed by atoms with van der Waals surface area (Å²) in [6.45, 7) is 3.66. The summed E-state index contributed by atoms with van der Waals surface area (Å²) < 4.78 is 13.2. The molecule has 0 fully saturated rings. The number of H-pyrrole nitrogens is 1.